The predicted octanol–water partition coefficient (Wildman–Crippen LogP) is 5.60. The third-order valence-electron chi connectivity index (χ3n) is 10.2. The molecule has 0 amide bonds. The van der Waals surface area contributed by atoms with Crippen LogP contribution < -0.4 is 0 Å². The van der Waals surface area contributed by atoms with Crippen LogP contribution in [0.3, 0.4) is 0 Å². The van der Waals surface area contributed by atoms with Gasteiger partial charge in [-0.2, -0.15) is 0 Å². The van der Waals surface area contributed by atoms with Crippen molar-refractivity contribution >= 4 is 10.9 Å². The predicted molar refractivity (Wildman–Crippen MR) is 114 cm³/mol. The first-order chi connectivity index (χ1) is 13.4. The number of fused-ring (bicyclic) bond motifs is 9. The molecule has 0 spiro atoms. The van der Waals surface area contributed by atoms with E-state index in [1.807, 2.05) is 0 Å². The second kappa shape index (κ2) is 5.65. The van der Waals surface area contributed by atoms with Gasteiger partial charge in [-0.25, -0.2) is 0 Å². The van der Waals surface area contributed by atoms with Crippen LogP contribution in [0.2, 0.25) is 0 Å². The number of hydrogen-bond acceptors (Lipinski definition) is 1. The Morgan fingerprint density at radius 1 is 1.00 bits per heavy atom. The average Bonchev–Trinajstić information content (AvgIpc) is 3.15. The summed E-state index contributed by atoms with van der Waals surface area (Å²) in [7, 11) is 2.29. The first-order valence-corrected chi connectivity index (χ1v) is 11.7. The topological polar surface area (TPSA) is 25.2 Å². The summed E-state index contributed by atoms with van der Waals surface area (Å²) in [5, 5.41) is 11.8. The van der Waals surface area contributed by atoms with Crippen LogP contribution in [0.15, 0.2) is 24.3 Å². The zero-order chi connectivity index (χ0) is 19.3. The number of benzene rings is 1. The van der Waals surface area contributed by atoms with Gasteiger partial charge in [-0.1, -0.05) is 32.0 Å². The molecule has 1 aromatic carbocycles. The van der Waals surface area contributed by atoms with Gasteiger partial charge in [0.2, 0.25) is 0 Å². The van der Waals surface area contributed by atoms with Crippen molar-refractivity contribution in [2.75, 3.05) is 0 Å². The SMILES string of the molecule is Cn1c2c(c3ccccc31)C1(C)CCC3C(CCC4CC(O)CCC43C)C1C2. The van der Waals surface area contributed by atoms with Crippen LogP contribution in [0, 0.1) is 29.1 Å². The summed E-state index contributed by atoms with van der Waals surface area (Å²) in [5.74, 6) is 3.32. The van der Waals surface area contributed by atoms with Crippen molar-refractivity contribution in [2.45, 2.75) is 76.7 Å². The van der Waals surface area contributed by atoms with E-state index in [4.69, 9.17) is 0 Å². The quantitative estimate of drug-likeness (QED) is 0.635. The summed E-state index contributed by atoms with van der Waals surface area (Å²) in [6, 6.07) is 9.09. The highest BCUT2D eigenvalue weighted by Gasteiger charge is 2.59. The van der Waals surface area contributed by atoms with Gasteiger partial charge in [0, 0.05) is 23.6 Å². The van der Waals surface area contributed by atoms with Gasteiger partial charge in [0.05, 0.1) is 6.10 Å². The molecule has 1 aromatic heterocycles. The summed E-state index contributed by atoms with van der Waals surface area (Å²) in [4.78, 5) is 0. The maximum atomic E-state index is 10.3. The minimum atomic E-state index is -0.0365. The lowest BCUT2D eigenvalue weighted by atomic mass is 9.45. The van der Waals surface area contributed by atoms with Gasteiger partial charge in [-0.3, -0.25) is 0 Å². The summed E-state index contributed by atoms with van der Waals surface area (Å²) >= 11 is 0. The molecule has 0 radical (unpaired) electrons. The van der Waals surface area contributed by atoms with E-state index in [2.05, 4.69) is 49.7 Å². The van der Waals surface area contributed by atoms with Crippen LogP contribution in [-0.2, 0) is 18.9 Å². The molecule has 150 valence electrons. The molecule has 2 heteroatoms. The van der Waals surface area contributed by atoms with E-state index in [-0.39, 0.29) is 6.10 Å². The zero-order valence-corrected chi connectivity index (χ0v) is 17.7. The minimum Gasteiger partial charge on any atom is -0.393 e. The van der Waals surface area contributed by atoms with E-state index in [0.717, 1.165) is 36.5 Å². The largest absolute Gasteiger partial charge is 0.393 e. The fraction of sp³-hybridized carbons (Fsp3) is 0.692. The third kappa shape index (κ3) is 2.03. The standard InChI is InChI=1S/C26H35NO/c1-25-12-10-17(28)14-16(25)8-9-18-20(25)11-13-26(2)21(18)15-23-24(26)19-6-4-5-7-22(19)27(23)3/h4-7,16-18,20-21,28H,8-15H2,1-3H3. The maximum Gasteiger partial charge on any atom is 0.0543 e. The number of para-hydroxylation sites is 1. The molecule has 1 heterocycles. The number of aryl methyl sites for hydroxylation is 1. The zero-order valence-electron chi connectivity index (χ0n) is 17.7. The van der Waals surface area contributed by atoms with E-state index in [9.17, 15) is 5.11 Å². The maximum absolute atomic E-state index is 10.3. The molecule has 2 nitrogen and oxygen atoms in total. The highest BCUT2D eigenvalue weighted by atomic mass is 16.3. The van der Waals surface area contributed by atoms with E-state index in [1.165, 1.54) is 49.4 Å². The smallest absolute Gasteiger partial charge is 0.0543 e. The average molecular weight is 378 g/mol. The van der Waals surface area contributed by atoms with Crippen molar-refractivity contribution in [1.82, 2.24) is 4.57 Å². The lowest BCUT2D eigenvalue weighted by molar-refractivity contribution is -0.111. The normalized spacial score (nSPS) is 44.6. The highest BCUT2D eigenvalue weighted by Crippen LogP contribution is 2.66. The Morgan fingerprint density at radius 2 is 1.82 bits per heavy atom. The second-order valence-electron chi connectivity index (χ2n) is 11.1. The molecule has 4 aliphatic carbocycles. The van der Waals surface area contributed by atoms with E-state index >= 15 is 0 Å². The summed E-state index contributed by atoms with van der Waals surface area (Å²) < 4.78 is 2.51. The molecule has 2 aromatic rings. The Kier molecular flexibility index (Phi) is 3.55. The first-order valence-electron chi connectivity index (χ1n) is 11.7. The molecular weight excluding hydrogens is 342 g/mol. The van der Waals surface area contributed by atoms with Crippen LogP contribution in [0.25, 0.3) is 10.9 Å². The number of rotatable bonds is 0. The number of aliphatic hydroxyl groups excluding tert-OH is 1. The molecule has 3 fully saturated rings. The molecule has 0 bridgehead atoms. The monoisotopic (exact) mass is 377 g/mol. The Hall–Kier alpha value is -1.28. The summed E-state index contributed by atoms with van der Waals surface area (Å²) in [6.07, 6.45) is 10.1. The molecule has 7 atom stereocenters. The molecule has 1 N–H and O–H groups in total. The minimum absolute atomic E-state index is 0.0365. The molecule has 7 unspecified atom stereocenters. The van der Waals surface area contributed by atoms with Gasteiger partial charge in [0.15, 0.2) is 0 Å². The molecule has 28 heavy (non-hydrogen) atoms. The summed E-state index contributed by atoms with van der Waals surface area (Å²) in [5.41, 5.74) is 5.57. The molecule has 4 aliphatic rings. The van der Waals surface area contributed by atoms with Crippen molar-refractivity contribution < 1.29 is 5.11 Å². The molecule has 0 saturated heterocycles. The highest BCUT2D eigenvalue weighted by molar-refractivity contribution is 5.87. The Balaban J connectivity index is 1.41. The van der Waals surface area contributed by atoms with E-state index < -0.39 is 0 Å². The van der Waals surface area contributed by atoms with Gasteiger partial charge in [0.1, 0.15) is 0 Å². The summed E-state index contributed by atoms with van der Waals surface area (Å²) in [6.45, 7) is 5.20. The van der Waals surface area contributed by atoms with Gasteiger partial charge in [-0.05, 0) is 97.5 Å². The van der Waals surface area contributed by atoms with Crippen molar-refractivity contribution in [3.8, 4) is 0 Å². The van der Waals surface area contributed by atoms with Gasteiger partial charge < -0.3 is 9.67 Å². The van der Waals surface area contributed by atoms with Gasteiger partial charge in [-0.15, -0.1) is 0 Å². The first kappa shape index (κ1) is 17.6. The fourth-order valence-corrected chi connectivity index (χ4v) is 8.77. The van der Waals surface area contributed by atoms with Crippen LogP contribution in [-0.4, -0.2) is 15.8 Å². The molecule has 0 aliphatic heterocycles. The number of aliphatic hydroxyl groups is 1. The Bertz CT molecular complexity index is 943. The lowest BCUT2D eigenvalue weighted by Gasteiger charge is -2.60. The molecular formula is C26H35NO. The Labute approximate surface area is 169 Å². The Morgan fingerprint density at radius 3 is 2.68 bits per heavy atom. The van der Waals surface area contributed by atoms with Crippen LogP contribution in [0.4, 0.5) is 0 Å². The number of hydrogen-bond donors (Lipinski definition) is 1. The van der Waals surface area contributed by atoms with Gasteiger partial charge in [0.25, 0.3) is 0 Å². The van der Waals surface area contributed by atoms with Crippen LogP contribution in [0.5, 0.6) is 0 Å². The van der Waals surface area contributed by atoms with Crippen LogP contribution in [0.1, 0.15) is 70.1 Å². The lowest BCUT2D eigenvalue weighted by Crippen LogP contribution is -2.54. The molecule has 3 saturated carbocycles. The second-order valence-corrected chi connectivity index (χ2v) is 11.1. The van der Waals surface area contributed by atoms with E-state index in [1.54, 1.807) is 11.3 Å². The number of aromatic nitrogens is 1. The molecule has 6 rings (SSSR count). The van der Waals surface area contributed by atoms with Crippen molar-refractivity contribution in [3.63, 3.8) is 0 Å². The third-order valence-corrected chi connectivity index (χ3v) is 10.2. The van der Waals surface area contributed by atoms with Crippen molar-refractivity contribution in [1.29, 1.82) is 0 Å². The van der Waals surface area contributed by atoms with Crippen molar-refractivity contribution in [3.05, 3.63) is 35.5 Å². The fourth-order valence-electron chi connectivity index (χ4n) is 8.77. The van der Waals surface area contributed by atoms with E-state index in [0.29, 0.717) is 10.8 Å². The number of nitrogens with zero attached hydrogens (tertiary/aromatic N) is 1. The van der Waals surface area contributed by atoms with Crippen LogP contribution >= 0.6 is 0 Å². The van der Waals surface area contributed by atoms with Gasteiger partial charge >= 0.3 is 0 Å². The van der Waals surface area contributed by atoms with Crippen molar-refractivity contribution in [2.24, 2.45) is 36.1 Å².